The van der Waals surface area contributed by atoms with Crippen molar-refractivity contribution in [3.05, 3.63) is 35.9 Å². The van der Waals surface area contributed by atoms with E-state index in [-0.39, 0.29) is 36.8 Å². The second kappa shape index (κ2) is 11.7. The van der Waals surface area contributed by atoms with Gasteiger partial charge in [-0.2, -0.15) is 0 Å². The molecule has 0 atom stereocenters. The van der Waals surface area contributed by atoms with Gasteiger partial charge in [0.05, 0.1) is 19.3 Å². The number of piperidine rings is 1. The molecule has 0 aliphatic carbocycles. The lowest BCUT2D eigenvalue weighted by atomic mass is 10.1. The normalized spacial score (nSPS) is 19.0. The molecule has 2 saturated heterocycles. The van der Waals surface area contributed by atoms with Crippen molar-refractivity contribution in [2.24, 2.45) is 0 Å². The number of carbonyl (C=O) groups excluding carboxylic acids is 1. The van der Waals surface area contributed by atoms with Crippen LogP contribution in [0.3, 0.4) is 0 Å². The van der Waals surface area contributed by atoms with E-state index < -0.39 is 0 Å². The topological polar surface area (TPSA) is 44.8 Å². The van der Waals surface area contributed by atoms with Gasteiger partial charge in [0, 0.05) is 39.3 Å². The van der Waals surface area contributed by atoms with Crippen molar-refractivity contribution < 1.29 is 9.53 Å². The Kier molecular flexibility index (Phi) is 10.4. The fraction of sp³-hybridized carbons (Fsp3) is 0.611. The summed E-state index contributed by atoms with van der Waals surface area (Å²) >= 11 is 0. The van der Waals surface area contributed by atoms with Crippen molar-refractivity contribution in [1.29, 1.82) is 0 Å². The maximum atomic E-state index is 12.4. The monoisotopic (exact) mass is 389 g/mol. The van der Waals surface area contributed by atoms with Gasteiger partial charge in [0.25, 0.3) is 0 Å². The molecule has 1 aromatic rings. The van der Waals surface area contributed by atoms with E-state index in [1.165, 1.54) is 5.56 Å². The molecule has 25 heavy (non-hydrogen) atoms. The van der Waals surface area contributed by atoms with E-state index in [1.807, 2.05) is 23.1 Å². The van der Waals surface area contributed by atoms with E-state index >= 15 is 0 Å². The molecule has 0 saturated carbocycles. The van der Waals surface area contributed by atoms with E-state index in [0.29, 0.717) is 13.2 Å². The zero-order valence-corrected chi connectivity index (χ0v) is 16.2. The molecule has 0 bridgehead atoms. The van der Waals surface area contributed by atoms with Gasteiger partial charge >= 0.3 is 0 Å². The van der Waals surface area contributed by atoms with Crippen molar-refractivity contribution in [1.82, 2.24) is 15.1 Å². The van der Waals surface area contributed by atoms with E-state index in [2.05, 4.69) is 22.3 Å². The Morgan fingerprint density at radius 2 is 1.68 bits per heavy atom. The first-order valence-corrected chi connectivity index (χ1v) is 8.67. The number of benzene rings is 1. The van der Waals surface area contributed by atoms with Crippen LogP contribution in [0.4, 0.5) is 0 Å². The summed E-state index contributed by atoms with van der Waals surface area (Å²) in [6.45, 7) is 6.81. The predicted molar refractivity (Wildman–Crippen MR) is 105 cm³/mol. The highest BCUT2D eigenvalue weighted by Crippen LogP contribution is 2.16. The molecule has 1 amide bonds. The van der Waals surface area contributed by atoms with Crippen LogP contribution in [0, 0.1) is 0 Å². The standard InChI is InChI=1S/C18H27N3O2.2ClH/c22-18(14-20-12-8-19-9-13-20)21-10-6-17(7-11-21)23-15-16-4-2-1-3-5-16;;/h1-5,17,19H,6-15H2;2*1H. The number of carbonyl (C=O) groups is 1. The SMILES string of the molecule is Cl.Cl.O=C(CN1CCNCC1)N1CCC(OCc2ccccc2)CC1. The molecular formula is C18H29Cl2N3O2. The average molecular weight is 390 g/mol. The van der Waals surface area contributed by atoms with Crippen LogP contribution >= 0.6 is 24.8 Å². The first-order chi connectivity index (χ1) is 11.3. The summed E-state index contributed by atoms with van der Waals surface area (Å²) in [5, 5.41) is 3.32. The molecule has 3 rings (SSSR count). The molecule has 0 unspecified atom stereocenters. The number of hydrogen-bond donors (Lipinski definition) is 1. The second-order valence-electron chi connectivity index (χ2n) is 6.40. The van der Waals surface area contributed by atoms with Crippen molar-refractivity contribution in [2.45, 2.75) is 25.6 Å². The van der Waals surface area contributed by atoms with Crippen LogP contribution in [0.15, 0.2) is 30.3 Å². The van der Waals surface area contributed by atoms with Crippen LogP contribution in [-0.4, -0.2) is 67.6 Å². The third kappa shape index (κ3) is 7.12. The third-order valence-electron chi connectivity index (χ3n) is 4.69. The zero-order chi connectivity index (χ0) is 15.9. The van der Waals surface area contributed by atoms with Crippen LogP contribution < -0.4 is 5.32 Å². The number of likely N-dealkylation sites (tertiary alicyclic amines) is 1. The number of piperazine rings is 1. The minimum Gasteiger partial charge on any atom is -0.373 e. The molecule has 0 aromatic heterocycles. The van der Waals surface area contributed by atoms with Crippen molar-refractivity contribution in [2.75, 3.05) is 45.8 Å². The molecule has 0 spiro atoms. The maximum absolute atomic E-state index is 12.4. The Morgan fingerprint density at radius 1 is 1.04 bits per heavy atom. The number of hydrogen-bond acceptors (Lipinski definition) is 4. The van der Waals surface area contributed by atoms with Gasteiger partial charge in [-0.25, -0.2) is 0 Å². The zero-order valence-electron chi connectivity index (χ0n) is 14.6. The Labute approximate surface area is 162 Å². The van der Waals surface area contributed by atoms with E-state index in [0.717, 1.165) is 52.1 Å². The minimum atomic E-state index is 0. The number of halogens is 2. The van der Waals surface area contributed by atoms with Crippen LogP contribution in [0.25, 0.3) is 0 Å². The largest absolute Gasteiger partial charge is 0.373 e. The molecule has 142 valence electrons. The summed E-state index contributed by atoms with van der Waals surface area (Å²) in [5.41, 5.74) is 1.21. The van der Waals surface area contributed by atoms with Gasteiger partial charge in [0.1, 0.15) is 0 Å². The van der Waals surface area contributed by atoms with Crippen LogP contribution in [0.5, 0.6) is 0 Å². The molecular weight excluding hydrogens is 361 g/mol. The van der Waals surface area contributed by atoms with Gasteiger partial charge in [-0.1, -0.05) is 30.3 Å². The summed E-state index contributed by atoms with van der Waals surface area (Å²) < 4.78 is 5.99. The quantitative estimate of drug-likeness (QED) is 0.835. The van der Waals surface area contributed by atoms with Gasteiger partial charge in [-0.05, 0) is 18.4 Å². The fourth-order valence-corrected chi connectivity index (χ4v) is 3.22. The summed E-state index contributed by atoms with van der Waals surface area (Å²) in [5.74, 6) is 0.272. The summed E-state index contributed by atoms with van der Waals surface area (Å²) in [6.07, 6.45) is 2.17. The van der Waals surface area contributed by atoms with E-state index in [4.69, 9.17) is 4.74 Å². The van der Waals surface area contributed by atoms with E-state index in [1.54, 1.807) is 0 Å². The highest BCUT2D eigenvalue weighted by molar-refractivity contribution is 5.85. The molecule has 2 aliphatic rings. The van der Waals surface area contributed by atoms with Crippen LogP contribution in [0.1, 0.15) is 18.4 Å². The van der Waals surface area contributed by atoms with Gasteiger partial charge in [0.15, 0.2) is 0 Å². The molecule has 0 radical (unpaired) electrons. The van der Waals surface area contributed by atoms with Gasteiger partial charge in [0.2, 0.25) is 5.91 Å². The summed E-state index contributed by atoms with van der Waals surface area (Å²) in [4.78, 5) is 16.6. The predicted octanol–water partition coefficient (Wildman–Crippen LogP) is 1.94. The second-order valence-corrected chi connectivity index (χ2v) is 6.40. The molecule has 2 fully saturated rings. The highest BCUT2D eigenvalue weighted by atomic mass is 35.5. The van der Waals surface area contributed by atoms with Crippen LogP contribution in [-0.2, 0) is 16.1 Å². The molecule has 2 heterocycles. The summed E-state index contributed by atoms with van der Waals surface area (Å²) in [7, 11) is 0. The van der Waals surface area contributed by atoms with E-state index in [9.17, 15) is 4.79 Å². The fourth-order valence-electron chi connectivity index (χ4n) is 3.22. The third-order valence-corrected chi connectivity index (χ3v) is 4.69. The maximum Gasteiger partial charge on any atom is 0.236 e. The Bertz CT molecular complexity index is 490. The van der Waals surface area contributed by atoms with Gasteiger partial charge in [-0.15, -0.1) is 24.8 Å². The lowest BCUT2D eigenvalue weighted by molar-refractivity contribution is -0.135. The lowest BCUT2D eigenvalue weighted by Crippen LogP contribution is -2.50. The molecule has 7 heteroatoms. The Hall–Kier alpha value is -0.850. The smallest absolute Gasteiger partial charge is 0.236 e. The van der Waals surface area contributed by atoms with Gasteiger partial charge < -0.3 is 15.0 Å². The number of rotatable bonds is 5. The molecule has 5 nitrogen and oxygen atoms in total. The van der Waals surface area contributed by atoms with Gasteiger partial charge in [-0.3, -0.25) is 9.69 Å². The summed E-state index contributed by atoms with van der Waals surface area (Å²) in [6, 6.07) is 10.3. The first kappa shape index (κ1) is 22.2. The molecule has 2 aliphatic heterocycles. The number of ether oxygens (including phenoxy) is 1. The van der Waals surface area contributed by atoms with Crippen molar-refractivity contribution in [3.8, 4) is 0 Å². The Balaban J connectivity index is 0.00000156. The molecule has 1 N–H and O–H groups in total. The minimum absolute atomic E-state index is 0. The highest BCUT2D eigenvalue weighted by Gasteiger charge is 2.24. The van der Waals surface area contributed by atoms with Crippen molar-refractivity contribution in [3.63, 3.8) is 0 Å². The van der Waals surface area contributed by atoms with Crippen LogP contribution in [0.2, 0.25) is 0 Å². The Morgan fingerprint density at radius 3 is 2.32 bits per heavy atom. The first-order valence-electron chi connectivity index (χ1n) is 8.67. The number of nitrogens with zero attached hydrogens (tertiary/aromatic N) is 2. The number of nitrogens with one attached hydrogen (secondary N) is 1. The van der Waals surface area contributed by atoms with Crippen molar-refractivity contribution >= 4 is 30.7 Å². The lowest BCUT2D eigenvalue weighted by Gasteiger charge is -2.34. The average Bonchev–Trinajstić information content (AvgIpc) is 2.62. The number of amides is 1. The molecule has 1 aromatic carbocycles.